The second kappa shape index (κ2) is 8.49. The molecule has 0 saturated heterocycles. The van der Waals surface area contributed by atoms with Gasteiger partial charge in [-0.3, -0.25) is 9.59 Å². The fraction of sp³-hybridized carbons (Fsp3) is 0.227. The van der Waals surface area contributed by atoms with E-state index in [4.69, 9.17) is 4.42 Å². The second-order valence-electron chi connectivity index (χ2n) is 7.00. The fourth-order valence-corrected chi connectivity index (χ4v) is 3.33. The lowest BCUT2D eigenvalue weighted by molar-refractivity contribution is -0.125. The number of nitrogens with zero attached hydrogens (tertiary/aromatic N) is 2. The fourth-order valence-electron chi connectivity index (χ4n) is 3.33. The van der Waals surface area contributed by atoms with Crippen LogP contribution in [0.25, 0.3) is 17.0 Å². The molecule has 2 aromatic heterocycles. The average Bonchev–Trinajstić information content (AvgIpc) is 3.01. The third kappa shape index (κ3) is 4.32. The molecule has 7 heteroatoms. The average molecular weight is 412 g/mol. The van der Waals surface area contributed by atoms with Gasteiger partial charge in [-0.1, -0.05) is 18.2 Å². The van der Waals surface area contributed by atoms with Gasteiger partial charge in [0.25, 0.3) is 0 Å². The quantitative estimate of drug-likeness (QED) is 0.655. The summed E-state index contributed by atoms with van der Waals surface area (Å²) in [7, 11) is 1.75. The number of fused-ring (bicyclic) bond motifs is 2. The Bertz CT molecular complexity index is 1100. The van der Waals surface area contributed by atoms with Gasteiger partial charge in [-0.05, 0) is 42.7 Å². The first-order chi connectivity index (χ1) is 13.5. The number of benzene rings is 1. The lowest BCUT2D eigenvalue weighted by atomic mass is 10.0. The number of aromatic nitrogens is 1. The normalized spacial score (nSPS) is 13.1. The minimum absolute atomic E-state index is 0. The number of carbonyl (C=O) groups excluding carboxylic acids is 2. The van der Waals surface area contributed by atoms with E-state index in [1.54, 1.807) is 24.2 Å². The summed E-state index contributed by atoms with van der Waals surface area (Å²) in [5, 5.41) is 3.82. The van der Waals surface area contributed by atoms with E-state index in [-0.39, 0.29) is 24.2 Å². The minimum Gasteiger partial charge on any atom is -0.459 e. The van der Waals surface area contributed by atoms with E-state index in [1.165, 1.54) is 6.08 Å². The summed E-state index contributed by atoms with van der Waals surface area (Å²) in [6, 6.07) is 9.81. The highest BCUT2D eigenvalue weighted by atomic mass is 35.5. The molecule has 0 aliphatic carbocycles. The van der Waals surface area contributed by atoms with E-state index in [2.05, 4.69) is 10.3 Å². The number of rotatable bonds is 4. The van der Waals surface area contributed by atoms with Crippen molar-refractivity contribution in [2.24, 2.45) is 0 Å². The van der Waals surface area contributed by atoms with Gasteiger partial charge < -0.3 is 14.6 Å². The van der Waals surface area contributed by atoms with Crippen LogP contribution >= 0.6 is 12.4 Å². The number of aryl methyl sites for hydroxylation is 2. The summed E-state index contributed by atoms with van der Waals surface area (Å²) in [6.45, 7) is 2.41. The SMILES string of the molecule is Cc1c(CN(C)C(=O)/C=C/c2cnc3c(c2)CCC(=O)N3)oc2ccccc12.Cl. The van der Waals surface area contributed by atoms with Crippen molar-refractivity contribution < 1.29 is 14.0 Å². The summed E-state index contributed by atoms with van der Waals surface area (Å²) < 4.78 is 5.89. The number of amides is 2. The van der Waals surface area contributed by atoms with E-state index in [0.717, 1.165) is 33.4 Å². The highest BCUT2D eigenvalue weighted by Gasteiger charge is 2.16. The van der Waals surface area contributed by atoms with Crippen LogP contribution in [0.15, 0.2) is 47.0 Å². The van der Waals surface area contributed by atoms with Gasteiger partial charge in [0, 0.05) is 36.7 Å². The summed E-state index contributed by atoms with van der Waals surface area (Å²) in [6.07, 6.45) is 6.05. The molecular weight excluding hydrogens is 390 g/mol. The molecule has 6 nitrogen and oxygen atoms in total. The van der Waals surface area contributed by atoms with Crippen molar-refractivity contribution >= 4 is 47.1 Å². The Morgan fingerprint density at radius 2 is 2.10 bits per heavy atom. The van der Waals surface area contributed by atoms with Crippen molar-refractivity contribution in [2.45, 2.75) is 26.3 Å². The predicted molar refractivity (Wildman–Crippen MR) is 115 cm³/mol. The molecule has 1 aromatic carbocycles. The van der Waals surface area contributed by atoms with E-state index in [1.807, 2.05) is 37.3 Å². The molecule has 0 saturated carbocycles. The van der Waals surface area contributed by atoms with Crippen LogP contribution in [0.5, 0.6) is 0 Å². The molecule has 0 spiro atoms. The van der Waals surface area contributed by atoms with Gasteiger partial charge in [0.15, 0.2) is 0 Å². The van der Waals surface area contributed by atoms with Crippen LogP contribution in [0.4, 0.5) is 5.82 Å². The van der Waals surface area contributed by atoms with E-state index >= 15 is 0 Å². The van der Waals surface area contributed by atoms with Gasteiger partial charge in [0.05, 0.1) is 6.54 Å². The summed E-state index contributed by atoms with van der Waals surface area (Å²) in [5.41, 5.74) is 3.70. The largest absolute Gasteiger partial charge is 0.459 e. The molecule has 3 aromatic rings. The maximum atomic E-state index is 12.5. The lowest BCUT2D eigenvalue weighted by Gasteiger charge is -2.16. The number of para-hydroxylation sites is 1. The number of anilines is 1. The number of hydrogen-bond donors (Lipinski definition) is 1. The zero-order valence-electron chi connectivity index (χ0n) is 16.3. The molecule has 1 aliphatic heterocycles. The number of likely N-dealkylation sites (N-methyl/N-ethyl adjacent to an activating group) is 1. The molecule has 0 atom stereocenters. The molecule has 29 heavy (non-hydrogen) atoms. The van der Waals surface area contributed by atoms with E-state index in [9.17, 15) is 9.59 Å². The highest BCUT2D eigenvalue weighted by Crippen LogP contribution is 2.26. The monoisotopic (exact) mass is 411 g/mol. The molecular formula is C22H22ClN3O3. The molecule has 0 bridgehead atoms. The van der Waals surface area contributed by atoms with Crippen LogP contribution in [-0.2, 0) is 22.6 Å². The Balaban J connectivity index is 0.00000240. The molecule has 0 fully saturated rings. The number of halogens is 1. The van der Waals surface area contributed by atoms with Gasteiger partial charge in [0.1, 0.15) is 17.2 Å². The van der Waals surface area contributed by atoms with Crippen LogP contribution in [0.2, 0.25) is 0 Å². The van der Waals surface area contributed by atoms with Crippen molar-refractivity contribution in [3.05, 3.63) is 65.1 Å². The number of nitrogens with one attached hydrogen (secondary N) is 1. The van der Waals surface area contributed by atoms with Crippen LogP contribution in [0.3, 0.4) is 0 Å². The minimum atomic E-state index is -0.120. The van der Waals surface area contributed by atoms with Crippen LogP contribution in [-0.4, -0.2) is 28.7 Å². The number of pyridine rings is 1. The predicted octanol–water partition coefficient (Wildman–Crippen LogP) is 4.11. The third-order valence-corrected chi connectivity index (χ3v) is 4.98. The molecule has 3 heterocycles. The molecule has 0 unspecified atom stereocenters. The zero-order chi connectivity index (χ0) is 19.7. The molecule has 150 valence electrons. The Morgan fingerprint density at radius 3 is 2.90 bits per heavy atom. The standard InChI is InChI=1S/C22H21N3O3.ClH/c1-14-17-5-3-4-6-18(17)28-19(14)13-25(2)21(27)10-7-15-11-16-8-9-20(26)24-22(16)23-12-15;/h3-7,10-12H,8-9,13H2,1-2H3,(H,23,24,26);1H/b10-7+;. The maximum absolute atomic E-state index is 12.5. The van der Waals surface area contributed by atoms with Gasteiger partial charge in [-0.15, -0.1) is 12.4 Å². The molecule has 4 rings (SSSR count). The summed E-state index contributed by atoms with van der Waals surface area (Å²) in [4.78, 5) is 29.8. The van der Waals surface area contributed by atoms with Crippen molar-refractivity contribution in [3.63, 3.8) is 0 Å². The number of hydrogen-bond acceptors (Lipinski definition) is 4. The first-order valence-electron chi connectivity index (χ1n) is 9.20. The number of carbonyl (C=O) groups is 2. The van der Waals surface area contributed by atoms with E-state index in [0.29, 0.717) is 25.2 Å². The van der Waals surface area contributed by atoms with Gasteiger partial charge in [0.2, 0.25) is 11.8 Å². The molecule has 2 amide bonds. The Labute approximate surface area is 175 Å². The molecule has 1 N–H and O–H groups in total. The molecule has 0 radical (unpaired) electrons. The maximum Gasteiger partial charge on any atom is 0.246 e. The van der Waals surface area contributed by atoms with Crippen LogP contribution in [0.1, 0.15) is 28.9 Å². The van der Waals surface area contributed by atoms with Crippen molar-refractivity contribution in [1.82, 2.24) is 9.88 Å². The second-order valence-corrected chi connectivity index (χ2v) is 7.00. The highest BCUT2D eigenvalue weighted by molar-refractivity contribution is 5.94. The smallest absolute Gasteiger partial charge is 0.246 e. The van der Waals surface area contributed by atoms with Crippen LogP contribution in [0, 0.1) is 6.92 Å². The first-order valence-corrected chi connectivity index (χ1v) is 9.20. The van der Waals surface area contributed by atoms with Crippen molar-refractivity contribution in [1.29, 1.82) is 0 Å². The third-order valence-electron chi connectivity index (χ3n) is 4.98. The first kappa shape index (κ1) is 20.6. The van der Waals surface area contributed by atoms with E-state index < -0.39 is 0 Å². The summed E-state index contributed by atoms with van der Waals surface area (Å²) in [5.74, 6) is 1.26. The van der Waals surface area contributed by atoms with Gasteiger partial charge >= 0.3 is 0 Å². The topological polar surface area (TPSA) is 75.4 Å². The molecule has 1 aliphatic rings. The van der Waals surface area contributed by atoms with Crippen molar-refractivity contribution in [3.8, 4) is 0 Å². The zero-order valence-corrected chi connectivity index (χ0v) is 17.1. The van der Waals surface area contributed by atoms with Gasteiger partial charge in [-0.2, -0.15) is 0 Å². The van der Waals surface area contributed by atoms with Gasteiger partial charge in [-0.25, -0.2) is 4.98 Å². The summed E-state index contributed by atoms with van der Waals surface area (Å²) >= 11 is 0. The Kier molecular flexibility index (Phi) is 6.03. The van der Waals surface area contributed by atoms with Crippen molar-refractivity contribution in [2.75, 3.05) is 12.4 Å². The van der Waals surface area contributed by atoms with Crippen LogP contribution < -0.4 is 5.32 Å². The Hall–Kier alpha value is -3.12. The number of furan rings is 1. The lowest BCUT2D eigenvalue weighted by Crippen LogP contribution is -2.24. The Morgan fingerprint density at radius 1 is 1.31 bits per heavy atom.